The van der Waals surface area contributed by atoms with E-state index in [0.29, 0.717) is 13.0 Å². The number of likely N-dealkylation sites (tertiary alicyclic amines) is 1. The molecule has 142 valence electrons. The van der Waals surface area contributed by atoms with Crippen molar-refractivity contribution < 1.29 is 18.0 Å². The van der Waals surface area contributed by atoms with Crippen molar-refractivity contribution in [2.24, 2.45) is 0 Å². The minimum absolute atomic E-state index is 0.0584. The van der Waals surface area contributed by atoms with Gasteiger partial charge >= 0.3 is 6.18 Å². The molecular weight excluding hydrogens is 347 g/mol. The van der Waals surface area contributed by atoms with E-state index in [1.807, 2.05) is 13.8 Å². The molecule has 0 spiro atoms. The number of aromatic nitrogens is 1. The predicted octanol–water partition coefficient (Wildman–Crippen LogP) is 2.40. The van der Waals surface area contributed by atoms with Crippen LogP contribution in [0.1, 0.15) is 32.3 Å². The SMILES string of the molecule is CC(C)(CNc1cc(C(F)(F)F)ccn1)NCC(=O)N1CCCC1C#N. The second kappa shape index (κ2) is 7.91. The van der Waals surface area contributed by atoms with Crippen molar-refractivity contribution in [3.05, 3.63) is 23.9 Å². The highest BCUT2D eigenvalue weighted by molar-refractivity contribution is 5.79. The van der Waals surface area contributed by atoms with Crippen molar-refractivity contribution in [1.82, 2.24) is 15.2 Å². The molecule has 0 aliphatic carbocycles. The summed E-state index contributed by atoms with van der Waals surface area (Å²) in [6.45, 7) is 4.56. The number of rotatable bonds is 6. The third kappa shape index (κ3) is 5.33. The molecule has 9 heteroatoms. The molecule has 0 saturated carbocycles. The standard InChI is InChI=1S/C17H22F3N5O/c1-16(2,24-10-15(26)25-7-3-4-13(25)9-21)11-23-14-8-12(5-6-22-14)17(18,19)20/h5-6,8,13,24H,3-4,7,10-11H2,1-2H3,(H,22,23). The van der Waals surface area contributed by atoms with Gasteiger partial charge in [0.1, 0.15) is 11.9 Å². The molecule has 1 aromatic rings. The number of carbonyl (C=O) groups excluding carboxylic acids is 1. The van der Waals surface area contributed by atoms with Crippen molar-refractivity contribution in [1.29, 1.82) is 5.26 Å². The van der Waals surface area contributed by atoms with Gasteiger partial charge in [0.2, 0.25) is 5.91 Å². The van der Waals surface area contributed by atoms with Crippen LogP contribution in [0.2, 0.25) is 0 Å². The normalized spacial score (nSPS) is 17.8. The lowest BCUT2D eigenvalue weighted by Crippen LogP contribution is -2.50. The van der Waals surface area contributed by atoms with Gasteiger partial charge in [0.25, 0.3) is 0 Å². The van der Waals surface area contributed by atoms with Gasteiger partial charge in [-0.3, -0.25) is 4.79 Å². The Morgan fingerprint density at radius 3 is 2.85 bits per heavy atom. The van der Waals surface area contributed by atoms with Crippen molar-refractivity contribution in [2.75, 3.05) is 25.0 Å². The number of anilines is 1. The van der Waals surface area contributed by atoms with Gasteiger partial charge in [0.05, 0.1) is 18.2 Å². The Kier molecular flexibility index (Phi) is 6.08. The van der Waals surface area contributed by atoms with Gasteiger partial charge in [-0.15, -0.1) is 0 Å². The van der Waals surface area contributed by atoms with Crippen LogP contribution < -0.4 is 10.6 Å². The number of hydrogen-bond donors (Lipinski definition) is 2. The van der Waals surface area contributed by atoms with E-state index in [1.165, 1.54) is 0 Å². The van der Waals surface area contributed by atoms with E-state index in [-0.39, 0.29) is 30.9 Å². The minimum Gasteiger partial charge on any atom is -0.368 e. The molecular formula is C17H22F3N5O. The number of nitriles is 1. The third-order valence-electron chi connectivity index (χ3n) is 4.24. The summed E-state index contributed by atoms with van der Waals surface area (Å²) in [6.07, 6.45) is -1.82. The van der Waals surface area contributed by atoms with Gasteiger partial charge in [0.15, 0.2) is 0 Å². The molecule has 2 rings (SSSR count). The highest BCUT2D eigenvalue weighted by atomic mass is 19.4. The fourth-order valence-corrected chi connectivity index (χ4v) is 2.69. The topological polar surface area (TPSA) is 81.1 Å². The van der Waals surface area contributed by atoms with Gasteiger partial charge in [-0.25, -0.2) is 4.98 Å². The summed E-state index contributed by atoms with van der Waals surface area (Å²) >= 11 is 0. The fraction of sp³-hybridized carbons (Fsp3) is 0.588. The Hall–Kier alpha value is -2.34. The van der Waals surface area contributed by atoms with E-state index < -0.39 is 17.3 Å². The number of halogens is 3. The number of nitrogens with zero attached hydrogens (tertiary/aromatic N) is 3. The zero-order chi connectivity index (χ0) is 19.4. The fourth-order valence-electron chi connectivity index (χ4n) is 2.69. The molecule has 1 saturated heterocycles. The molecule has 0 radical (unpaired) electrons. The Morgan fingerprint density at radius 1 is 1.46 bits per heavy atom. The van der Waals surface area contributed by atoms with E-state index in [0.717, 1.165) is 24.8 Å². The molecule has 1 amide bonds. The van der Waals surface area contributed by atoms with Crippen LogP contribution in [0.5, 0.6) is 0 Å². The first kappa shape index (κ1) is 20.0. The molecule has 1 aliphatic rings. The summed E-state index contributed by atoms with van der Waals surface area (Å²) in [7, 11) is 0. The van der Waals surface area contributed by atoms with Crippen LogP contribution in [-0.2, 0) is 11.0 Å². The van der Waals surface area contributed by atoms with E-state index in [1.54, 1.807) is 4.90 Å². The molecule has 26 heavy (non-hydrogen) atoms. The molecule has 2 N–H and O–H groups in total. The van der Waals surface area contributed by atoms with Crippen LogP contribution in [0, 0.1) is 11.3 Å². The predicted molar refractivity (Wildman–Crippen MR) is 90.2 cm³/mol. The van der Waals surface area contributed by atoms with Crippen LogP contribution >= 0.6 is 0 Å². The van der Waals surface area contributed by atoms with E-state index in [4.69, 9.17) is 5.26 Å². The van der Waals surface area contributed by atoms with Gasteiger partial charge in [0, 0.05) is 24.8 Å². The largest absolute Gasteiger partial charge is 0.416 e. The molecule has 1 fully saturated rings. The molecule has 1 atom stereocenters. The number of hydrogen-bond acceptors (Lipinski definition) is 5. The highest BCUT2D eigenvalue weighted by Gasteiger charge is 2.31. The van der Waals surface area contributed by atoms with E-state index in [2.05, 4.69) is 21.7 Å². The first-order valence-electron chi connectivity index (χ1n) is 8.34. The first-order valence-corrected chi connectivity index (χ1v) is 8.34. The van der Waals surface area contributed by atoms with Crippen molar-refractivity contribution in [3.8, 4) is 6.07 Å². The summed E-state index contributed by atoms with van der Waals surface area (Å²) in [5, 5.41) is 15.0. The van der Waals surface area contributed by atoms with Crippen LogP contribution in [0.4, 0.5) is 19.0 Å². The minimum atomic E-state index is -4.42. The quantitative estimate of drug-likeness (QED) is 0.805. The van der Waals surface area contributed by atoms with Gasteiger partial charge < -0.3 is 15.5 Å². The first-order chi connectivity index (χ1) is 12.1. The van der Waals surface area contributed by atoms with Crippen molar-refractivity contribution in [3.63, 3.8) is 0 Å². The van der Waals surface area contributed by atoms with Crippen LogP contribution in [-0.4, -0.2) is 47.0 Å². The number of pyridine rings is 1. The Bertz CT molecular complexity index is 684. The highest BCUT2D eigenvalue weighted by Crippen LogP contribution is 2.29. The molecule has 1 aromatic heterocycles. The summed E-state index contributed by atoms with van der Waals surface area (Å²) in [5.41, 5.74) is -1.33. The summed E-state index contributed by atoms with van der Waals surface area (Å²) in [4.78, 5) is 17.7. The lowest BCUT2D eigenvalue weighted by atomic mass is 10.1. The van der Waals surface area contributed by atoms with Crippen molar-refractivity contribution >= 4 is 11.7 Å². The smallest absolute Gasteiger partial charge is 0.368 e. The van der Waals surface area contributed by atoms with Crippen LogP contribution in [0.25, 0.3) is 0 Å². The average Bonchev–Trinajstić information content (AvgIpc) is 3.06. The average molecular weight is 369 g/mol. The molecule has 1 aliphatic heterocycles. The second-order valence-electron chi connectivity index (χ2n) is 6.89. The molecule has 1 unspecified atom stereocenters. The van der Waals surface area contributed by atoms with Gasteiger partial charge in [-0.05, 0) is 38.8 Å². The lowest BCUT2D eigenvalue weighted by Gasteiger charge is -2.28. The third-order valence-corrected chi connectivity index (χ3v) is 4.24. The molecule has 6 nitrogen and oxygen atoms in total. The van der Waals surface area contributed by atoms with Gasteiger partial charge in [-0.1, -0.05) is 0 Å². The monoisotopic (exact) mass is 369 g/mol. The maximum Gasteiger partial charge on any atom is 0.416 e. The summed E-state index contributed by atoms with van der Waals surface area (Å²) in [6, 6.07) is 3.60. The van der Waals surface area contributed by atoms with Crippen molar-refractivity contribution in [2.45, 2.75) is 44.4 Å². The Labute approximate surface area is 150 Å². The zero-order valence-corrected chi connectivity index (χ0v) is 14.7. The second-order valence-corrected chi connectivity index (χ2v) is 6.89. The number of alkyl halides is 3. The molecule has 2 heterocycles. The lowest BCUT2D eigenvalue weighted by molar-refractivity contribution is -0.137. The Morgan fingerprint density at radius 2 is 2.19 bits per heavy atom. The zero-order valence-electron chi connectivity index (χ0n) is 14.7. The van der Waals surface area contributed by atoms with Crippen LogP contribution in [0.3, 0.4) is 0 Å². The molecule has 0 bridgehead atoms. The van der Waals surface area contributed by atoms with Crippen LogP contribution in [0.15, 0.2) is 18.3 Å². The van der Waals surface area contributed by atoms with E-state index in [9.17, 15) is 18.0 Å². The summed E-state index contributed by atoms with van der Waals surface area (Å²) in [5.74, 6) is -0.0376. The van der Waals surface area contributed by atoms with Gasteiger partial charge in [-0.2, -0.15) is 18.4 Å². The maximum absolute atomic E-state index is 12.7. The Balaban J connectivity index is 1.87. The number of carbonyl (C=O) groups is 1. The van der Waals surface area contributed by atoms with E-state index >= 15 is 0 Å². The number of amides is 1. The number of nitrogens with one attached hydrogen (secondary N) is 2. The maximum atomic E-state index is 12.7. The molecule has 0 aromatic carbocycles. The summed E-state index contributed by atoms with van der Waals surface area (Å²) < 4.78 is 38.2.